The molecular weight excluding hydrogens is 220 g/mol. The van der Waals surface area contributed by atoms with Gasteiger partial charge in [-0.05, 0) is 25.0 Å². The van der Waals surface area contributed by atoms with Crippen LogP contribution < -0.4 is 10.6 Å². The molecule has 2 N–H and O–H groups in total. The highest BCUT2D eigenvalue weighted by Crippen LogP contribution is 2.23. The molecule has 0 aromatic carbocycles. The second kappa shape index (κ2) is 4.66. The SMILES string of the molecule is CNc1ccc(C(=O)NC2CC2)s1.Cl. The number of hydrogen-bond acceptors (Lipinski definition) is 3. The lowest BCUT2D eigenvalue weighted by atomic mass is 10.4. The van der Waals surface area contributed by atoms with Crippen molar-refractivity contribution >= 4 is 34.7 Å². The maximum atomic E-state index is 11.5. The lowest BCUT2D eigenvalue weighted by Crippen LogP contribution is -2.24. The van der Waals surface area contributed by atoms with E-state index in [1.165, 1.54) is 11.3 Å². The van der Waals surface area contributed by atoms with Crippen molar-refractivity contribution in [1.82, 2.24) is 5.32 Å². The standard InChI is InChI=1S/C9H12N2OS.ClH/c1-10-8-5-4-7(13-8)9(12)11-6-2-3-6;/h4-6,10H,2-3H2,1H3,(H,11,12);1H. The minimum absolute atomic E-state index is 0. The van der Waals surface area contributed by atoms with Gasteiger partial charge in [-0.3, -0.25) is 4.79 Å². The maximum absolute atomic E-state index is 11.5. The molecule has 1 amide bonds. The Morgan fingerprint density at radius 1 is 1.50 bits per heavy atom. The predicted octanol–water partition coefficient (Wildman–Crippen LogP) is 2.10. The smallest absolute Gasteiger partial charge is 0.261 e. The van der Waals surface area contributed by atoms with Gasteiger partial charge in [0, 0.05) is 13.1 Å². The summed E-state index contributed by atoms with van der Waals surface area (Å²) in [6.07, 6.45) is 2.27. The Hall–Kier alpha value is -0.740. The van der Waals surface area contributed by atoms with Crippen molar-refractivity contribution in [3.8, 4) is 0 Å². The molecular formula is C9H13ClN2OS. The summed E-state index contributed by atoms with van der Waals surface area (Å²) in [5, 5.41) is 6.99. The molecule has 0 bridgehead atoms. The first-order valence-corrected chi connectivity index (χ1v) is 5.19. The summed E-state index contributed by atoms with van der Waals surface area (Å²) in [5.74, 6) is 0.0639. The molecule has 1 aliphatic rings. The van der Waals surface area contributed by atoms with Gasteiger partial charge >= 0.3 is 0 Å². The molecule has 2 rings (SSSR count). The number of hydrogen-bond donors (Lipinski definition) is 2. The molecule has 1 saturated carbocycles. The van der Waals surface area contributed by atoms with Crippen LogP contribution in [0.4, 0.5) is 5.00 Å². The normalized spacial score (nSPS) is 14.4. The van der Waals surface area contributed by atoms with Crippen molar-refractivity contribution in [2.45, 2.75) is 18.9 Å². The summed E-state index contributed by atoms with van der Waals surface area (Å²) in [7, 11) is 1.86. The maximum Gasteiger partial charge on any atom is 0.261 e. The van der Waals surface area contributed by atoms with Crippen LogP contribution in [-0.2, 0) is 0 Å². The summed E-state index contributed by atoms with van der Waals surface area (Å²) in [5.41, 5.74) is 0. The summed E-state index contributed by atoms with van der Waals surface area (Å²) in [6.45, 7) is 0. The quantitative estimate of drug-likeness (QED) is 0.838. The van der Waals surface area contributed by atoms with Gasteiger partial charge in [0.2, 0.25) is 0 Å². The van der Waals surface area contributed by atoms with E-state index in [2.05, 4.69) is 10.6 Å². The van der Waals surface area contributed by atoms with Crippen molar-refractivity contribution < 1.29 is 4.79 Å². The predicted molar refractivity (Wildman–Crippen MR) is 61.6 cm³/mol. The van der Waals surface area contributed by atoms with Crippen LogP contribution in [0.1, 0.15) is 22.5 Å². The van der Waals surface area contributed by atoms with Crippen LogP contribution in [0.2, 0.25) is 0 Å². The van der Waals surface area contributed by atoms with E-state index in [1.807, 2.05) is 19.2 Å². The average molecular weight is 233 g/mol. The Kier molecular flexibility index (Phi) is 3.77. The third kappa shape index (κ3) is 2.62. The van der Waals surface area contributed by atoms with Crippen molar-refractivity contribution in [2.24, 2.45) is 0 Å². The van der Waals surface area contributed by atoms with Crippen molar-refractivity contribution in [3.63, 3.8) is 0 Å². The molecule has 14 heavy (non-hydrogen) atoms. The van der Waals surface area contributed by atoms with E-state index in [-0.39, 0.29) is 18.3 Å². The number of nitrogens with one attached hydrogen (secondary N) is 2. The Morgan fingerprint density at radius 2 is 2.21 bits per heavy atom. The van der Waals surface area contributed by atoms with Crippen molar-refractivity contribution in [1.29, 1.82) is 0 Å². The molecule has 0 radical (unpaired) electrons. The first-order valence-electron chi connectivity index (χ1n) is 4.38. The van der Waals surface area contributed by atoms with Gasteiger partial charge < -0.3 is 10.6 Å². The number of halogens is 1. The Bertz CT molecular complexity index is 322. The zero-order valence-electron chi connectivity index (χ0n) is 7.87. The number of carbonyl (C=O) groups is 1. The highest BCUT2D eigenvalue weighted by atomic mass is 35.5. The third-order valence-corrected chi connectivity index (χ3v) is 3.09. The average Bonchev–Trinajstić information content (AvgIpc) is 2.82. The Balaban J connectivity index is 0.000000980. The van der Waals surface area contributed by atoms with E-state index in [0.717, 1.165) is 22.7 Å². The number of carbonyl (C=O) groups excluding carboxylic acids is 1. The van der Waals surface area contributed by atoms with Crippen LogP contribution in [0.5, 0.6) is 0 Å². The molecule has 1 aliphatic carbocycles. The van der Waals surface area contributed by atoms with Gasteiger partial charge in [-0.25, -0.2) is 0 Å². The van der Waals surface area contributed by atoms with E-state index in [1.54, 1.807) is 0 Å². The molecule has 78 valence electrons. The highest BCUT2D eigenvalue weighted by molar-refractivity contribution is 7.17. The van der Waals surface area contributed by atoms with Crippen LogP contribution in [0.3, 0.4) is 0 Å². The highest BCUT2D eigenvalue weighted by Gasteiger charge is 2.24. The summed E-state index contributed by atoms with van der Waals surface area (Å²) < 4.78 is 0. The number of amides is 1. The minimum Gasteiger partial charge on any atom is -0.380 e. The first-order chi connectivity index (χ1) is 6.29. The molecule has 0 unspecified atom stereocenters. The summed E-state index contributed by atoms with van der Waals surface area (Å²) in [6, 6.07) is 4.22. The molecule has 0 atom stereocenters. The van der Waals surface area contributed by atoms with Gasteiger partial charge in [-0.15, -0.1) is 23.7 Å². The van der Waals surface area contributed by atoms with Gasteiger partial charge in [-0.2, -0.15) is 0 Å². The third-order valence-electron chi connectivity index (χ3n) is 1.99. The van der Waals surface area contributed by atoms with Gasteiger partial charge in [0.05, 0.1) is 9.88 Å². The molecule has 1 aromatic heterocycles. The van der Waals surface area contributed by atoms with Crippen LogP contribution in [0.15, 0.2) is 12.1 Å². The zero-order chi connectivity index (χ0) is 9.26. The molecule has 0 saturated heterocycles. The number of anilines is 1. The first kappa shape index (κ1) is 11.3. The largest absolute Gasteiger partial charge is 0.380 e. The van der Waals surface area contributed by atoms with Crippen LogP contribution >= 0.6 is 23.7 Å². The Morgan fingerprint density at radius 3 is 2.71 bits per heavy atom. The van der Waals surface area contributed by atoms with Crippen LogP contribution in [-0.4, -0.2) is 19.0 Å². The molecule has 1 fully saturated rings. The van der Waals surface area contributed by atoms with Gasteiger partial charge in [0.25, 0.3) is 5.91 Å². The lowest BCUT2D eigenvalue weighted by Gasteiger charge is -1.98. The van der Waals surface area contributed by atoms with Crippen molar-refractivity contribution in [3.05, 3.63) is 17.0 Å². The van der Waals surface area contributed by atoms with Crippen LogP contribution in [0, 0.1) is 0 Å². The van der Waals surface area contributed by atoms with Crippen LogP contribution in [0.25, 0.3) is 0 Å². The fraction of sp³-hybridized carbons (Fsp3) is 0.444. The second-order valence-corrected chi connectivity index (χ2v) is 4.25. The fourth-order valence-corrected chi connectivity index (χ4v) is 1.84. The van der Waals surface area contributed by atoms with Gasteiger partial charge in [0.1, 0.15) is 0 Å². The topological polar surface area (TPSA) is 41.1 Å². The minimum atomic E-state index is 0. The second-order valence-electron chi connectivity index (χ2n) is 3.16. The number of thiophene rings is 1. The van der Waals surface area contributed by atoms with E-state index >= 15 is 0 Å². The fourth-order valence-electron chi connectivity index (χ4n) is 1.08. The molecule has 1 heterocycles. The van der Waals surface area contributed by atoms with Crippen molar-refractivity contribution in [2.75, 3.05) is 12.4 Å². The molecule has 0 spiro atoms. The summed E-state index contributed by atoms with van der Waals surface area (Å²) >= 11 is 1.49. The molecule has 5 heteroatoms. The molecule has 3 nitrogen and oxygen atoms in total. The van der Waals surface area contributed by atoms with Gasteiger partial charge in [-0.1, -0.05) is 0 Å². The van der Waals surface area contributed by atoms with E-state index in [9.17, 15) is 4.79 Å². The Labute approximate surface area is 93.3 Å². The molecule has 1 aromatic rings. The van der Waals surface area contributed by atoms with E-state index in [0.29, 0.717) is 6.04 Å². The van der Waals surface area contributed by atoms with E-state index < -0.39 is 0 Å². The van der Waals surface area contributed by atoms with Gasteiger partial charge in [0.15, 0.2) is 0 Å². The molecule has 0 aliphatic heterocycles. The zero-order valence-corrected chi connectivity index (χ0v) is 9.50. The lowest BCUT2D eigenvalue weighted by molar-refractivity contribution is 0.0955. The van der Waals surface area contributed by atoms with E-state index in [4.69, 9.17) is 0 Å². The summed E-state index contributed by atoms with van der Waals surface area (Å²) in [4.78, 5) is 12.3. The number of rotatable bonds is 3. The monoisotopic (exact) mass is 232 g/mol.